The van der Waals surface area contributed by atoms with E-state index in [0.717, 1.165) is 79.7 Å². The predicted molar refractivity (Wildman–Crippen MR) is 197 cm³/mol. The van der Waals surface area contributed by atoms with Crippen molar-refractivity contribution in [3.05, 3.63) is 87.3 Å². The van der Waals surface area contributed by atoms with Crippen LogP contribution in [0.2, 0.25) is 0 Å². The maximum atomic E-state index is 13.3. The van der Waals surface area contributed by atoms with Crippen LogP contribution in [0.4, 0.5) is 17.2 Å². The maximum Gasteiger partial charge on any atom is 0.293 e. The molecule has 1 unspecified atom stereocenters. The highest BCUT2D eigenvalue weighted by Crippen LogP contribution is 2.34. The molecule has 0 bridgehead atoms. The van der Waals surface area contributed by atoms with Gasteiger partial charge in [0.15, 0.2) is 5.82 Å². The van der Waals surface area contributed by atoms with Crippen molar-refractivity contribution in [2.75, 3.05) is 42.9 Å². The van der Waals surface area contributed by atoms with E-state index in [1.165, 1.54) is 21.5 Å². The Morgan fingerprint density at radius 3 is 2.35 bits per heavy atom. The van der Waals surface area contributed by atoms with E-state index in [-0.39, 0.29) is 30.1 Å². The lowest BCUT2D eigenvalue weighted by Crippen LogP contribution is -2.54. The molecule has 4 aliphatic heterocycles. The second-order valence-electron chi connectivity index (χ2n) is 14.2. The Labute approximate surface area is 304 Å². The quantitative estimate of drug-likeness (QED) is 0.255. The minimum absolute atomic E-state index is 0.100. The van der Waals surface area contributed by atoms with Crippen molar-refractivity contribution in [1.82, 2.24) is 29.7 Å². The zero-order valence-corrected chi connectivity index (χ0v) is 29.7. The Balaban J connectivity index is 0.816. The molecule has 4 aliphatic rings. The Kier molecular flexibility index (Phi) is 9.18. The molecule has 6 heterocycles. The van der Waals surface area contributed by atoms with Crippen LogP contribution in [0.5, 0.6) is 0 Å². The van der Waals surface area contributed by atoms with Gasteiger partial charge < -0.3 is 19.7 Å². The van der Waals surface area contributed by atoms with E-state index in [4.69, 9.17) is 0 Å². The fourth-order valence-corrected chi connectivity index (χ4v) is 8.55. The molecule has 0 saturated carbocycles. The lowest BCUT2D eigenvalue weighted by Gasteiger charge is -2.38. The third-order valence-electron chi connectivity index (χ3n) is 10.9. The molecule has 8 rings (SSSR count). The van der Waals surface area contributed by atoms with Gasteiger partial charge in [0.2, 0.25) is 11.8 Å². The Morgan fingerprint density at radius 2 is 1.63 bits per heavy atom. The van der Waals surface area contributed by atoms with Crippen LogP contribution in [0.25, 0.3) is 10.7 Å². The van der Waals surface area contributed by atoms with Crippen LogP contribution in [-0.4, -0.2) is 86.7 Å². The lowest BCUT2D eigenvalue weighted by atomic mass is 9.88. The number of hydrogen-bond donors (Lipinski definition) is 2. The smallest absolute Gasteiger partial charge is 0.293 e. The molecule has 1 atom stereocenters. The number of piperidine rings is 3. The number of carbonyl (C=O) groups excluding carboxylic acids is 4. The van der Waals surface area contributed by atoms with E-state index in [2.05, 4.69) is 42.5 Å². The van der Waals surface area contributed by atoms with Crippen LogP contribution in [0.15, 0.2) is 65.0 Å². The molecule has 4 aromatic rings. The normalized spacial score (nSPS) is 20.4. The van der Waals surface area contributed by atoms with Crippen molar-refractivity contribution in [3.63, 3.8) is 0 Å². The first-order valence-corrected chi connectivity index (χ1v) is 18.8. The highest BCUT2D eigenvalue weighted by atomic mass is 32.1. The summed E-state index contributed by atoms with van der Waals surface area (Å²) in [6.45, 7) is 4.92. The summed E-state index contributed by atoms with van der Waals surface area (Å²) in [4.78, 5) is 77.9. The van der Waals surface area contributed by atoms with Gasteiger partial charge in [-0.15, -0.1) is 11.3 Å². The van der Waals surface area contributed by atoms with E-state index in [9.17, 15) is 24.0 Å². The summed E-state index contributed by atoms with van der Waals surface area (Å²) >= 11 is 1.48. The number of carbonyl (C=O) groups is 4. The van der Waals surface area contributed by atoms with Crippen molar-refractivity contribution in [2.24, 2.45) is 13.0 Å². The Morgan fingerprint density at radius 1 is 0.885 bits per heavy atom. The fourth-order valence-electron chi connectivity index (χ4n) is 7.96. The monoisotopic (exact) mass is 720 g/mol. The van der Waals surface area contributed by atoms with E-state index < -0.39 is 23.8 Å². The molecule has 14 heteroatoms. The van der Waals surface area contributed by atoms with E-state index >= 15 is 0 Å². The van der Waals surface area contributed by atoms with Gasteiger partial charge in [-0.3, -0.25) is 34.2 Å². The van der Waals surface area contributed by atoms with Gasteiger partial charge in [-0.2, -0.15) is 0 Å². The average molecular weight is 721 g/mol. The number of aromatic nitrogens is 3. The van der Waals surface area contributed by atoms with Gasteiger partial charge in [0.05, 0.1) is 11.1 Å². The molecule has 2 aromatic heterocycles. The van der Waals surface area contributed by atoms with Crippen LogP contribution in [0.3, 0.4) is 0 Å². The fraction of sp³-hybridized carbons (Fsp3) is 0.395. The number of benzene rings is 2. The van der Waals surface area contributed by atoms with Crippen molar-refractivity contribution in [3.8, 4) is 10.7 Å². The van der Waals surface area contributed by atoms with Gasteiger partial charge in [0.1, 0.15) is 16.7 Å². The van der Waals surface area contributed by atoms with E-state index in [1.807, 2.05) is 23.6 Å². The summed E-state index contributed by atoms with van der Waals surface area (Å²) < 4.78 is 1.53. The first-order chi connectivity index (χ1) is 25.2. The Hall–Kier alpha value is -5.21. The molecule has 0 radical (unpaired) electrons. The third-order valence-corrected chi connectivity index (χ3v) is 11.7. The summed E-state index contributed by atoms with van der Waals surface area (Å²) in [5.74, 6) is -0.573. The number of nitrogens with zero attached hydrogens (tertiary/aromatic N) is 6. The second-order valence-corrected chi connectivity index (χ2v) is 15.1. The number of aryl methyl sites for hydroxylation is 1. The molecule has 52 heavy (non-hydrogen) atoms. The number of nitrogens with one attached hydrogen (secondary N) is 2. The van der Waals surface area contributed by atoms with Crippen molar-refractivity contribution in [1.29, 1.82) is 0 Å². The van der Waals surface area contributed by atoms with Crippen molar-refractivity contribution >= 4 is 52.2 Å². The number of likely N-dealkylation sites (tertiary alicyclic amines) is 1. The SMILES string of the molecule is Cn1cc(-c2nccs2)nc(Nc2ccc(C3CCN(CC4CCN(c5ccc6c(c5)C(=O)N(C5CCC(=O)NC5=O)C6=O)CC4)CC3)cc2)c1=O. The van der Waals surface area contributed by atoms with E-state index in [0.29, 0.717) is 28.7 Å². The average Bonchev–Trinajstić information content (AvgIpc) is 3.78. The van der Waals surface area contributed by atoms with Crippen LogP contribution >= 0.6 is 11.3 Å². The Bertz CT molecular complexity index is 2080. The predicted octanol–water partition coefficient (Wildman–Crippen LogP) is 4.14. The van der Waals surface area contributed by atoms with Gasteiger partial charge in [-0.25, -0.2) is 9.97 Å². The second kappa shape index (κ2) is 14.1. The van der Waals surface area contributed by atoms with Crippen LogP contribution < -0.4 is 21.1 Å². The van der Waals surface area contributed by atoms with Crippen molar-refractivity contribution < 1.29 is 19.2 Å². The van der Waals surface area contributed by atoms with E-state index in [1.54, 1.807) is 31.6 Å². The number of anilines is 3. The number of thiazole rings is 1. The first kappa shape index (κ1) is 33.9. The summed E-state index contributed by atoms with van der Waals surface area (Å²) in [5, 5.41) is 8.11. The standard InChI is InChI=1S/C38H40N8O5S/c1-43-22-30(35-39-14-19-52-35)41-33(38(43)51)40-26-4-2-24(3-5-26)25-12-15-44(16-13-25)21-23-10-17-45(18-11-23)27-6-7-28-29(20-27)37(50)46(36(28)49)31-8-9-32(47)42-34(31)48/h2-7,14,19-20,22-23,25,31H,8-13,15-18,21H2,1H3,(H,40,41)(H,42,47,48). The number of imide groups is 2. The van der Waals surface area contributed by atoms with Gasteiger partial charge in [0, 0.05) is 62.3 Å². The molecule has 2 aromatic carbocycles. The van der Waals surface area contributed by atoms with Gasteiger partial charge >= 0.3 is 0 Å². The summed E-state index contributed by atoms with van der Waals surface area (Å²) in [7, 11) is 1.72. The van der Waals surface area contributed by atoms with Crippen LogP contribution in [0.1, 0.15) is 70.7 Å². The molecular weight excluding hydrogens is 681 g/mol. The molecule has 4 amide bonds. The number of amides is 4. The molecule has 2 N–H and O–H groups in total. The van der Waals surface area contributed by atoms with Crippen molar-refractivity contribution in [2.45, 2.75) is 50.5 Å². The summed E-state index contributed by atoms with van der Waals surface area (Å²) in [6.07, 6.45) is 7.97. The maximum absolute atomic E-state index is 13.3. The molecule has 3 fully saturated rings. The molecular formula is C38H40N8O5S. The van der Waals surface area contributed by atoms with Crippen LogP contribution in [-0.2, 0) is 16.6 Å². The number of rotatable bonds is 8. The number of hydrogen-bond acceptors (Lipinski definition) is 11. The first-order valence-electron chi connectivity index (χ1n) is 17.9. The van der Waals surface area contributed by atoms with Gasteiger partial charge in [0.25, 0.3) is 17.4 Å². The molecule has 13 nitrogen and oxygen atoms in total. The summed E-state index contributed by atoms with van der Waals surface area (Å²) in [6, 6.07) is 12.8. The lowest BCUT2D eigenvalue weighted by molar-refractivity contribution is -0.136. The number of fused-ring (bicyclic) bond motifs is 1. The third kappa shape index (κ3) is 6.63. The van der Waals surface area contributed by atoms with Gasteiger partial charge in [-0.1, -0.05) is 12.1 Å². The summed E-state index contributed by atoms with van der Waals surface area (Å²) in [5.41, 5.74) is 4.14. The topological polar surface area (TPSA) is 150 Å². The largest absolute Gasteiger partial charge is 0.371 e. The van der Waals surface area contributed by atoms with Crippen LogP contribution in [0, 0.1) is 5.92 Å². The molecule has 0 spiro atoms. The molecule has 3 saturated heterocycles. The zero-order valence-electron chi connectivity index (χ0n) is 28.9. The minimum atomic E-state index is -0.961. The van der Waals surface area contributed by atoms with Gasteiger partial charge in [-0.05, 0) is 92.9 Å². The highest BCUT2D eigenvalue weighted by molar-refractivity contribution is 7.13. The molecule has 268 valence electrons. The minimum Gasteiger partial charge on any atom is -0.371 e. The molecule has 0 aliphatic carbocycles. The highest BCUT2D eigenvalue weighted by Gasteiger charge is 2.45. The zero-order chi connectivity index (χ0) is 35.9.